The van der Waals surface area contributed by atoms with Crippen molar-refractivity contribution in [3.63, 3.8) is 0 Å². The molecule has 7 heteroatoms. The predicted octanol–water partition coefficient (Wildman–Crippen LogP) is 2.88. The van der Waals surface area contributed by atoms with E-state index in [9.17, 15) is 9.59 Å². The van der Waals surface area contributed by atoms with Crippen LogP contribution in [0.1, 0.15) is 11.1 Å². The van der Waals surface area contributed by atoms with E-state index >= 15 is 0 Å². The van der Waals surface area contributed by atoms with Crippen LogP contribution in [0, 0.1) is 0 Å². The summed E-state index contributed by atoms with van der Waals surface area (Å²) in [5.74, 6) is 0.0480. The summed E-state index contributed by atoms with van der Waals surface area (Å²) in [6, 6.07) is 15.4. The van der Waals surface area contributed by atoms with Crippen molar-refractivity contribution >= 4 is 23.4 Å². The highest BCUT2D eigenvalue weighted by molar-refractivity contribution is 5.86. The lowest BCUT2D eigenvalue weighted by molar-refractivity contribution is -0.130. The number of ether oxygens (including phenoxy) is 2. The maximum absolute atomic E-state index is 12.6. The zero-order chi connectivity index (χ0) is 19.8. The molecular formula is C21H25N3O4. The number of fused-ring (bicyclic) bond motifs is 1. The van der Waals surface area contributed by atoms with E-state index in [1.165, 1.54) is 11.1 Å². The summed E-state index contributed by atoms with van der Waals surface area (Å²) < 4.78 is 9.81. The van der Waals surface area contributed by atoms with Crippen molar-refractivity contribution in [3.05, 3.63) is 59.7 Å². The molecule has 0 atom stereocenters. The summed E-state index contributed by atoms with van der Waals surface area (Å²) in [6.45, 7) is 2.10. The average Bonchev–Trinajstić information content (AvgIpc) is 2.72. The molecule has 0 saturated heterocycles. The Kier molecular flexibility index (Phi) is 6.86. The highest BCUT2D eigenvalue weighted by Gasteiger charge is 2.19. The number of carbonyl (C=O) groups is 2. The Morgan fingerprint density at radius 1 is 1.04 bits per heavy atom. The quantitative estimate of drug-likeness (QED) is 0.719. The smallest absolute Gasteiger partial charge is 0.411 e. The van der Waals surface area contributed by atoms with Gasteiger partial charge in [0.15, 0.2) is 0 Å². The van der Waals surface area contributed by atoms with Crippen molar-refractivity contribution < 1.29 is 19.1 Å². The molecule has 2 aromatic carbocycles. The number of amides is 2. The fourth-order valence-electron chi connectivity index (χ4n) is 3.08. The van der Waals surface area contributed by atoms with Gasteiger partial charge in [0.1, 0.15) is 6.61 Å². The molecule has 0 unspecified atom stereocenters. The van der Waals surface area contributed by atoms with E-state index in [4.69, 9.17) is 9.47 Å². The van der Waals surface area contributed by atoms with Gasteiger partial charge in [-0.3, -0.25) is 10.1 Å². The first kappa shape index (κ1) is 19.7. The minimum absolute atomic E-state index is 0.0480. The number of carbonyl (C=O) groups excluding carboxylic acids is 2. The lowest BCUT2D eigenvalue weighted by Gasteiger charge is -2.29. The van der Waals surface area contributed by atoms with Crippen LogP contribution in [-0.2, 0) is 27.2 Å². The van der Waals surface area contributed by atoms with Crippen molar-refractivity contribution in [1.82, 2.24) is 4.90 Å². The molecular weight excluding hydrogens is 358 g/mol. The van der Waals surface area contributed by atoms with Crippen LogP contribution in [-0.4, -0.2) is 50.3 Å². The maximum atomic E-state index is 12.6. The van der Waals surface area contributed by atoms with Gasteiger partial charge in [-0.15, -0.1) is 0 Å². The Labute approximate surface area is 164 Å². The number of nitrogens with zero attached hydrogens (tertiary/aromatic N) is 1. The van der Waals surface area contributed by atoms with Crippen LogP contribution < -0.4 is 10.6 Å². The SMILES string of the molecule is COCCOC(=O)Nc1cccc(NCC(=O)N2CCc3ccccc3C2)c1. The van der Waals surface area contributed by atoms with Crippen LogP contribution in [0.25, 0.3) is 0 Å². The van der Waals surface area contributed by atoms with E-state index in [1.54, 1.807) is 25.3 Å². The largest absolute Gasteiger partial charge is 0.447 e. The lowest BCUT2D eigenvalue weighted by Crippen LogP contribution is -2.39. The molecule has 2 amide bonds. The molecule has 1 heterocycles. The van der Waals surface area contributed by atoms with Crippen LogP contribution in [0.4, 0.5) is 16.2 Å². The van der Waals surface area contributed by atoms with Gasteiger partial charge in [-0.25, -0.2) is 4.79 Å². The molecule has 7 nitrogen and oxygen atoms in total. The number of hydrogen-bond donors (Lipinski definition) is 2. The summed E-state index contributed by atoms with van der Waals surface area (Å²) in [7, 11) is 1.54. The van der Waals surface area contributed by atoms with E-state index in [-0.39, 0.29) is 19.1 Å². The van der Waals surface area contributed by atoms with Crippen LogP contribution in [0.2, 0.25) is 0 Å². The molecule has 1 aliphatic heterocycles. The normalized spacial score (nSPS) is 12.8. The fraction of sp³-hybridized carbons (Fsp3) is 0.333. The number of rotatable bonds is 7. The Balaban J connectivity index is 1.49. The fourth-order valence-corrected chi connectivity index (χ4v) is 3.08. The van der Waals surface area contributed by atoms with Crippen LogP contribution in [0.3, 0.4) is 0 Å². The molecule has 28 heavy (non-hydrogen) atoms. The minimum atomic E-state index is -0.544. The van der Waals surface area contributed by atoms with Gasteiger partial charge < -0.3 is 19.7 Å². The zero-order valence-electron chi connectivity index (χ0n) is 15.9. The van der Waals surface area contributed by atoms with Gasteiger partial charge in [0.05, 0.1) is 13.2 Å². The third-order valence-electron chi connectivity index (χ3n) is 4.56. The molecule has 0 saturated carbocycles. The standard InChI is InChI=1S/C21H25N3O4/c1-27-11-12-28-21(26)23-19-8-4-7-18(13-19)22-14-20(25)24-10-9-16-5-2-3-6-17(16)15-24/h2-8,13,22H,9-12,14-15H2,1H3,(H,23,26). The minimum Gasteiger partial charge on any atom is -0.447 e. The first-order valence-electron chi connectivity index (χ1n) is 9.27. The van der Waals surface area contributed by atoms with Gasteiger partial charge in [0.25, 0.3) is 0 Å². The van der Waals surface area contributed by atoms with Gasteiger partial charge in [0, 0.05) is 31.6 Å². The zero-order valence-corrected chi connectivity index (χ0v) is 15.9. The average molecular weight is 383 g/mol. The van der Waals surface area contributed by atoms with Gasteiger partial charge in [-0.05, 0) is 35.7 Å². The highest BCUT2D eigenvalue weighted by Crippen LogP contribution is 2.19. The topological polar surface area (TPSA) is 79.9 Å². The summed E-state index contributed by atoms with van der Waals surface area (Å²) in [5.41, 5.74) is 3.86. The molecule has 148 valence electrons. The first-order valence-corrected chi connectivity index (χ1v) is 9.27. The van der Waals surface area contributed by atoms with Gasteiger partial charge in [-0.2, -0.15) is 0 Å². The molecule has 2 N–H and O–H groups in total. The van der Waals surface area contributed by atoms with E-state index in [1.807, 2.05) is 23.1 Å². The third kappa shape index (κ3) is 5.47. The van der Waals surface area contributed by atoms with Crippen molar-refractivity contribution in [3.8, 4) is 0 Å². The lowest BCUT2D eigenvalue weighted by atomic mass is 10.00. The van der Waals surface area contributed by atoms with Gasteiger partial charge in [-0.1, -0.05) is 30.3 Å². The van der Waals surface area contributed by atoms with Crippen LogP contribution in [0.5, 0.6) is 0 Å². The summed E-state index contributed by atoms with van der Waals surface area (Å²) in [6.07, 6.45) is 0.337. The predicted molar refractivity (Wildman–Crippen MR) is 107 cm³/mol. The molecule has 1 aliphatic rings. The highest BCUT2D eigenvalue weighted by atomic mass is 16.6. The van der Waals surface area contributed by atoms with Crippen molar-refractivity contribution in [2.75, 3.05) is 44.0 Å². The number of hydrogen-bond acceptors (Lipinski definition) is 5. The first-order chi connectivity index (χ1) is 13.7. The summed E-state index contributed by atoms with van der Waals surface area (Å²) >= 11 is 0. The second kappa shape index (κ2) is 9.75. The Bertz CT molecular complexity index is 825. The second-order valence-corrected chi connectivity index (χ2v) is 6.52. The molecule has 3 rings (SSSR count). The number of methoxy groups -OCH3 is 1. The molecule has 0 aliphatic carbocycles. The van der Waals surface area contributed by atoms with Crippen molar-refractivity contribution in [2.45, 2.75) is 13.0 Å². The maximum Gasteiger partial charge on any atom is 0.411 e. The molecule has 0 spiro atoms. The molecule has 0 aromatic heterocycles. The van der Waals surface area contributed by atoms with E-state index < -0.39 is 6.09 Å². The Morgan fingerprint density at radius 3 is 2.64 bits per heavy atom. The Hall–Kier alpha value is -3.06. The van der Waals surface area contributed by atoms with E-state index in [2.05, 4.69) is 22.8 Å². The number of benzene rings is 2. The van der Waals surface area contributed by atoms with Crippen LogP contribution >= 0.6 is 0 Å². The number of anilines is 2. The monoisotopic (exact) mass is 383 g/mol. The number of nitrogens with one attached hydrogen (secondary N) is 2. The summed E-state index contributed by atoms with van der Waals surface area (Å²) in [5, 5.41) is 5.78. The van der Waals surface area contributed by atoms with Gasteiger partial charge in [0.2, 0.25) is 5.91 Å². The van der Waals surface area contributed by atoms with E-state index in [0.717, 1.165) is 18.7 Å². The van der Waals surface area contributed by atoms with E-state index in [0.29, 0.717) is 18.8 Å². The van der Waals surface area contributed by atoms with Crippen LogP contribution in [0.15, 0.2) is 48.5 Å². The third-order valence-corrected chi connectivity index (χ3v) is 4.56. The molecule has 0 radical (unpaired) electrons. The summed E-state index contributed by atoms with van der Waals surface area (Å²) in [4.78, 5) is 26.1. The van der Waals surface area contributed by atoms with Gasteiger partial charge >= 0.3 is 6.09 Å². The molecule has 2 aromatic rings. The Morgan fingerprint density at radius 2 is 1.82 bits per heavy atom. The van der Waals surface area contributed by atoms with Crippen molar-refractivity contribution in [1.29, 1.82) is 0 Å². The van der Waals surface area contributed by atoms with Crippen molar-refractivity contribution in [2.24, 2.45) is 0 Å². The molecule has 0 fully saturated rings. The second-order valence-electron chi connectivity index (χ2n) is 6.52. The molecule has 0 bridgehead atoms.